The fourth-order valence-electron chi connectivity index (χ4n) is 9.25. The molecule has 6 nitrogen and oxygen atoms in total. The SMILES string of the molecule is CC/C=C\C/C=C\C/C=C\C/C=C\C/C=C\C/C=C\C/C=C\CCCCCC(=O)OC(COC(=O)CCCCCCC/C=C\CCCCC)COC(=O)CCCCCCCCCCCCCC/C=C\C/C=C\C/C=C\CCCCCCC. The summed E-state index contributed by atoms with van der Waals surface area (Å²) in [6.07, 6.45) is 97.5. The highest BCUT2D eigenvalue weighted by molar-refractivity contribution is 5.71. The van der Waals surface area contributed by atoms with E-state index in [4.69, 9.17) is 14.2 Å². The highest BCUT2D eigenvalue weighted by Crippen LogP contribution is 2.16. The Morgan fingerprint density at radius 3 is 0.793 bits per heavy atom. The number of rotatable bonds is 61. The van der Waals surface area contributed by atoms with Gasteiger partial charge in [0.25, 0.3) is 0 Å². The Hall–Kier alpha value is -4.45. The average molecular weight is 1140 g/mol. The largest absolute Gasteiger partial charge is 0.462 e. The zero-order valence-corrected chi connectivity index (χ0v) is 53.5. The maximum absolute atomic E-state index is 12.9. The van der Waals surface area contributed by atoms with Crippen molar-refractivity contribution in [1.82, 2.24) is 0 Å². The summed E-state index contributed by atoms with van der Waals surface area (Å²) < 4.78 is 16.9. The monoisotopic (exact) mass is 1130 g/mol. The molecule has 0 aromatic heterocycles. The number of carbonyl (C=O) groups is 3. The van der Waals surface area contributed by atoms with Crippen LogP contribution >= 0.6 is 0 Å². The van der Waals surface area contributed by atoms with Crippen LogP contribution in [0.15, 0.2) is 134 Å². The van der Waals surface area contributed by atoms with Crippen LogP contribution in [-0.4, -0.2) is 37.2 Å². The fraction of sp³-hybridized carbons (Fsp3) is 0.671. The predicted octanol–water partition coefficient (Wildman–Crippen LogP) is 23.7. The van der Waals surface area contributed by atoms with Crippen LogP contribution in [0.1, 0.15) is 310 Å². The lowest BCUT2D eigenvalue weighted by atomic mass is 10.0. The molecule has 0 radical (unpaired) electrons. The Labute approximate surface area is 506 Å². The zero-order valence-electron chi connectivity index (χ0n) is 53.5. The van der Waals surface area contributed by atoms with Gasteiger partial charge in [-0.2, -0.15) is 0 Å². The number of hydrogen-bond acceptors (Lipinski definition) is 6. The van der Waals surface area contributed by atoms with Gasteiger partial charge in [-0.15, -0.1) is 0 Å². The van der Waals surface area contributed by atoms with Gasteiger partial charge < -0.3 is 14.2 Å². The second kappa shape index (κ2) is 69.0. The zero-order chi connectivity index (χ0) is 59.2. The van der Waals surface area contributed by atoms with Crippen molar-refractivity contribution in [3.8, 4) is 0 Å². The van der Waals surface area contributed by atoms with Gasteiger partial charge in [0, 0.05) is 19.3 Å². The topological polar surface area (TPSA) is 78.9 Å². The molecule has 1 atom stereocenters. The Balaban J connectivity index is 4.37. The highest BCUT2D eigenvalue weighted by atomic mass is 16.6. The summed E-state index contributed by atoms with van der Waals surface area (Å²) in [7, 11) is 0. The molecular weight excluding hydrogens is 1010 g/mol. The summed E-state index contributed by atoms with van der Waals surface area (Å²) >= 11 is 0. The van der Waals surface area contributed by atoms with E-state index in [0.29, 0.717) is 12.8 Å². The molecule has 0 fully saturated rings. The van der Waals surface area contributed by atoms with Gasteiger partial charge in [-0.1, -0.05) is 283 Å². The Kier molecular flexibility index (Phi) is 65.3. The van der Waals surface area contributed by atoms with Crippen LogP contribution in [0.25, 0.3) is 0 Å². The molecule has 0 aromatic rings. The summed E-state index contributed by atoms with van der Waals surface area (Å²) in [5, 5.41) is 0. The maximum Gasteiger partial charge on any atom is 0.306 e. The van der Waals surface area contributed by atoms with Crippen LogP contribution in [0.2, 0.25) is 0 Å². The van der Waals surface area contributed by atoms with Crippen molar-refractivity contribution in [2.45, 2.75) is 316 Å². The number of unbranched alkanes of at least 4 members (excludes halogenated alkanes) is 28. The van der Waals surface area contributed by atoms with E-state index >= 15 is 0 Å². The van der Waals surface area contributed by atoms with E-state index in [2.05, 4.69) is 154 Å². The molecule has 0 aliphatic carbocycles. The average Bonchev–Trinajstić information content (AvgIpc) is 3.47. The third kappa shape index (κ3) is 66.4. The van der Waals surface area contributed by atoms with Crippen LogP contribution in [0, 0.1) is 0 Å². The van der Waals surface area contributed by atoms with Crippen molar-refractivity contribution in [2.24, 2.45) is 0 Å². The van der Waals surface area contributed by atoms with Gasteiger partial charge in [0.05, 0.1) is 0 Å². The van der Waals surface area contributed by atoms with Crippen LogP contribution in [0.5, 0.6) is 0 Å². The molecule has 0 saturated heterocycles. The molecule has 0 amide bonds. The van der Waals surface area contributed by atoms with E-state index in [1.807, 2.05) is 0 Å². The minimum Gasteiger partial charge on any atom is -0.462 e. The standard InChI is InChI=1S/C76H126O6/c1-4-7-10-13-16-19-22-25-27-29-31-33-35-37-38-40-41-43-45-47-49-51-54-57-60-63-66-69-75(78)81-72-73(71-80-74(77)68-65-62-59-56-53-24-21-18-15-12-9-6-3)82-76(79)70-67-64-61-58-55-52-50-48-46-44-42-39-36-34-32-30-28-26-23-20-17-14-11-8-5-2/h8,11,17-18,20-22,25-26,28-29,31-32,34-35,37,39,42,46,48,52,55,73H,4-7,9-10,12-16,19,23-24,27,30,33,36,38,40-41,43-45,47,49-51,53-54,56-72H2,1-3H3/b11-8-,20-17-,21-18-,25-22-,28-26-,31-29-,34-32-,37-35-,42-39-,48-46-,55-52-. The van der Waals surface area contributed by atoms with Gasteiger partial charge >= 0.3 is 17.9 Å². The summed E-state index contributed by atoms with van der Waals surface area (Å²) in [6.45, 7) is 6.47. The van der Waals surface area contributed by atoms with Crippen molar-refractivity contribution < 1.29 is 28.6 Å². The first kappa shape index (κ1) is 77.5. The van der Waals surface area contributed by atoms with Gasteiger partial charge in [0.2, 0.25) is 0 Å². The molecule has 0 bridgehead atoms. The predicted molar refractivity (Wildman–Crippen MR) is 357 cm³/mol. The molecule has 0 aliphatic rings. The lowest BCUT2D eigenvalue weighted by Gasteiger charge is -2.18. The summed E-state index contributed by atoms with van der Waals surface area (Å²) in [5.41, 5.74) is 0. The molecular formula is C76H126O6. The smallest absolute Gasteiger partial charge is 0.306 e. The number of allylic oxidation sites excluding steroid dienone is 22. The van der Waals surface area contributed by atoms with E-state index < -0.39 is 6.10 Å². The van der Waals surface area contributed by atoms with E-state index in [-0.39, 0.29) is 37.5 Å². The summed E-state index contributed by atoms with van der Waals surface area (Å²) in [6, 6.07) is 0. The quantitative estimate of drug-likeness (QED) is 0.0261. The van der Waals surface area contributed by atoms with Gasteiger partial charge in [-0.05, 0) is 141 Å². The van der Waals surface area contributed by atoms with E-state index in [9.17, 15) is 14.4 Å². The number of esters is 3. The number of hydrogen-bond donors (Lipinski definition) is 0. The molecule has 0 aliphatic heterocycles. The van der Waals surface area contributed by atoms with E-state index in [1.54, 1.807) is 0 Å². The first-order valence-corrected chi connectivity index (χ1v) is 34.2. The molecule has 0 rings (SSSR count). The minimum atomic E-state index is -0.806. The fourth-order valence-corrected chi connectivity index (χ4v) is 9.25. The maximum atomic E-state index is 12.9. The van der Waals surface area contributed by atoms with E-state index in [1.165, 1.54) is 135 Å². The van der Waals surface area contributed by atoms with Crippen molar-refractivity contribution in [3.05, 3.63) is 134 Å². The Bertz CT molecular complexity index is 1730. The van der Waals surface area contributed by atoms with Gasteiger partial charge in [-0.3, -0.25) is 14.4 Å². The van der Waals surface area contributed by atoms with E-state index in [0.717, 1.165) is 135 Å². The highest BCUT2D eigenvalue weighted by Gasteiger charge is 2.19. The Morgan fingerprint density at radius 2 is 0.476 bits per heavy atom. The minimum absolute atomic E-state index is 0.0981. The van der Waals surface area contributed by atoms with Crippen LogP contribution in [0.4, 0.5) is 0 Å². The number of ether oxygens (including phenoxy) is 3. The third-order valence-electron chi connectivity index (χ3n) is 14.4. The molecule has 6 heteroatoms. The molecule has 82 heavy (non-hydrogen) atoms. The molecule has 0 saturated carbocycles. The second-order valence-corrected chi connectivity index (χ2v) is 22.3. The summed E-state index contributed by atoms with van der Waals surface area (Å²) in [4.78, 5) is 38.4. The molecule has 466 valence electrons. The van der Waals surface area contributed by atoms with Crippen LogP contribution in [0.3, 0.4) is 0 Å². The third-order valence-corrected chi connectivity index (χ3v) is 14.4. The molecule has 1 unspecified atom stereocenters. The van der Waals surface area contributed by atoms with Crippen LogP contribution in [-0.2, 0) is 28.6 Å². The van der Waals surface area contributed by atoms with Crippen molar-refractivity contribution in [2.75, 3.05) is 13.2 Å². The van der Waals surface area contributed by atoms with Crippen molar-refractivity contribution in [1.29, 1.82) is 0 Å². The van der Waals surface area contributed by atoms with Crippen molar-refractivity contribution >= 4 is 17.9 Å². The van der Waals surface area contributed by atoms with Gasteiger partial charge in [0.1, 0.15) is 13.2 Å². The molecule has 0 N–H and O–H groups in total. The summed E-state index contributed by atoms with van der Waals surface area (Å²) in [5.74, 6) is -0.938. The normalized spacial score (nSPS) is 13.0. The molecule has 0 aromatic carbocycles. The lowest BCUT2D eigenvalue weighted by molar-refractivity contribution is -0.167. The molecule has 0 heterocycles. The van der Waals surface area contributed by atoms with Gasteiger partial charge in [-0.25, -0.2) is 0 Å². The van der Waals surface area contributed by atoms with Gasteiger partial charge in [0.15, 0.2) is 6.10 Å². The first-order chi connectivity index (χ1) is 40.5. The second-order valence-electron chi connectivity index (χ2n) is 22.3. The lowest BCUT2D eigenvalue weighted by Crippen LogP contribution is -2.30. The number of carbonyl (C=O) groups excluding carboxylic acids is 3. The Morgan fingerprint density at radius 1 is 0.256 bits per heavy atom. The molecule has 0 spiro atoms. The first-order valence-electron chi connectivity index (χ1n) is 34.2. The van der Waals surface area contributed by atoms with Crippen LogP contribution < -0.4 is 0 Å². The van der Waals surface area contributed by atoms with Crippen molar-refractivity contribution in [3.63, 3.8) is 0 Å².